The summed E-state index contributed by atoms with van der Waals surface area (Å²) in [7, 11) is -1.90. The third-order valence-corrected chi connectivity index (χ3v) is 12.6. The summed E-state index contributed by atoms with van der Waals surface area (Å²) >= 11 is 0. The van der Waals surface area contributed by atoms with Crippen molar-refractivity contribution >= 4 is 25.9 Å². The quantitative estimate of drug-likeness (QED) is 0.0570. The van der Waals surface area contributed by atoms with Crippen molar-refractivity contribution in [2.45, 2.75) is 103 Å². The van der Waals surface area contributed by atoms with Crippen molar-refractivity contribution < 1.29 is 28.4 Å². The molecule has 0 unspecified atom stereocenters. The lowest BCUT2D eigenvalue weighted by molar-refractivity contribution is -0.385. The van der Waals surface area contributed by atoms with E-state index in [2.05, 4.69) is 51.3 Å². The van der Waals surface area contributed by atoms with Crippen LogP contribution in [0.4, 0.5) is 5.69 Å². The summed E-state index contributed by atoms with van der Waals surface area (Å²) in [5.41, 5.74) is 1.38. The lowest BCUT2D eigenvalue weighted by Gasteiger charge is -2.36. The van der Waals surface area contributed by atoms with Crippen molar-refractivity contribution in [2.24, 2.45) is 0 Å². The van der Waals surface area contributed by atoms with Crippen LogP contribution in [-0.4, -0.2) is 43.4 Å². The van der Waals surface area contributed by atoms with Crippen LogP contribution in [0.1, 0.15) is 82.3 Å². The standard InChI is InChI=1S/C37H50N2O7Si/c1-36(2,3)45-35(41)31(23-19-27-14-10-9-11-15-27)38-34(40)29-20-24-32(39(42)43)33(26-29)44-25-13-12-16-28-17-21-30(22-18-28)46-47(7,8)37(4,5)6/h9-11,14-15,17-18,20-22,24,26,31H,12-13,16,19,23,25H2,1-8H3,(H,38,40)/t31-/m0/s1. The van der Waals surface area contributed by atoms with E-state index in [1.165, 1.54) is 23.8 Å². The number of nitrogens with one attached hydrogen (secondary N) is 1. The van der Waals surface area contributed by atoms with E-state index in [0.29, 0.717) is 19.3 Å². The minimum absolute atomic E-state index is 0.00730. The molecule has 0 saturated carbocycles. The van der Waals surface area contributed by atoms with Crippen LogP contribution < -0.4 is 14.5 Å². The Morgan fingerprint density at radius 1 is 0.872 bits per heavy atom. The first kappa shape index (κ1) is 37.3. The largest absolute Gasteiger partial charge is 0.544 e. The lowest BCUT2D eigenvalue weighted by atomic mass is 10.0. The number of nitro groups is 1. The second-order valence-corrected chi connectivity index (χ2v) is 19.1. The summed E-state index contributed by atoms with van der Waals surface area (Å²) in [5, 5.41) is 14.6. The zero-order valence-corrected chi connectivity index (χ0v) is 30.1. The highest BCUT2D eigenvalue weighted by Crippen LogP contribution is 2.37. The molecule has 10 heteroatoms. The van der Waals surface area contributed by atoms with Crippen LogP contribution in [-0.2, 0) is 22.4 Å². The Morgan fingerprint density at radius 3 is 2.11 bits per heavy atom. The number of carbonyl (C=O) groups is 2. The summed E-state index contributed by atoms with van der Waals surface area (Å²) < 4.78 is 17.8. The molecule has 3 rings (SSSR count). The fraction of sp³-hybridized carbons (Fsp3) is 0.459. The molecule has 254 valence electrons. The van der Waals surface area contributed by atoms with Gasteiger partial charge in [-0.1, -0.05) is 63.2 Å². The highest BCUT2D eigenvalue weighted by atomic mass is 28.4. The molecule has 0 aliphatic carbocycles. The van der Waals surface area contributed by atoms with Gasteiger partial charge in [-0.2, -0.15) is 0 Å². The minimum Gasteiger partial charge on any atom is -0.544 e. The number of hydrogen-bond acceptors (Lipinski definition) is 7. The van der Waals surface area contributed by atoms with Crippen LogP contribution in [0.25, 0.3) is 0 Å². The maximum absolute atomic E-state index is 13.3. The molecular formula is C37H50N2O7Si. The number of carbonyl (C=O) groups excluding carboxylic acids is 2. The number of unbranched alkanes of at least 4 members (excludes halogenated alkanes) is 1. The van der Waals surface area contributed by atoms with Gasteiger partial charge in [-0.05, 0) is 100 Å². The van der Waals surface area contributed by atoms with E-state index in [9.17, 15) is 19.7 Å². The van der Waals surface area contributed by atoms with Gasteiger partial charge in [0.1, 0.15) is 17.4 Å². The summed E-state index contributed by atoms with van der Waals surface area (Å²) in [6.45, 7) is 16.6. The van der Waals surface area contributed by atoms with Gasteiger partial charge in [0.2, 0.25) is 8.32 Å². The Hall–Kier alpha value is -4.18. The number of ether oxygens (including phenoxy) is 2. The van der Waals surface area contributed by atoms with E-state index >= 15 is 0 Å². The van der Waals surface area contributed by atoms with Gasteiger partial charge < -0.3 is 19.2 Å². The summed E-state index contributed by atoms with van der Waals surface area (Å²) in [5.74, 6) is -0.200. The zero-order valence-electron chi connectivity index (χ0n) is 29.1. The molecule has 0 aliphatic heterocycles. The van der Waals surface area contributed by atoms with Crippen LogP contribution in [0.15, 0.2) is 72.8 Å². The van der Waals surface area contributed by atoms with E-state index in [4.69, 9.17) is 13.9 Å². The molecule has 0 aromatic heterocycles. The fourth-order valence-corrected chi connectivity index (χ4v) is 5.56. The Bertz CT molecular complexity index is 1490. The average molecular weight is 663 g/mol. The lowest BCUT2D eigenvalue weighted by Crippen LogP contribution is -2.44. The second-order valence-electron chi connectivity index (χ2n) is 14.3. The van der Waals surface area contributed by atoms with Gasteiger partial charge in [0.05, 0.1) is 11.5 Å². The first-order chi connectivity index (χ1) is 21.9. The SMILES string of the molecule is CC(C)(C)OC(=O)[C@H](CCc1ccccc1)NC(=O)c1ccc([N+](=O)[O-])c(OCCCCc2ccc(O[Si](C)(C)C(C)(C)C)cc2)c1. The Kier molecular flexibility index (Phi) is 12.8. The van der Waals surface area contributed by atoms with Crippen molar-refractivity contribution in [1.82, 2.24) is 5.32 Å². The number of rotatable bonds is 15. The number of nitrogens with zero attached hydrogens (tertiary/aromatic N) is 1. The first-order valence-corrected chi connectivity index (χ1v) is 19.1. The highest BCUT2D eigenvalue weighted by Gasteiger charge is 2.39. The number of nitro benzene ring substituents is 1. The fourth-order valence-electron chi connectivity index (χ4n) is 4.53. The van der Waals surface area contributed by atoms with Gasteiger partial charge in [0.15, 0.2) is 5.75 Å². The number of amides is 1. The van der Waals surface area contributed by atoms with E-state index in [1.807, 2.05) is 42.5 Å². The van der Waals surface area contributed by atoms with Crippen LogP contribution in [0.3, 0.4) is 0 Å². The van der Waals surface area contributed by atoms with Crippen LogP contribution in [0.2, 0.25) is 18.1 Å². The van der Waals surface area contributed by atoms with Crippen LogP contribution >= 0.6 is 0 Å². The molecule has 3 aromatic rings. The van der Waals surface area contributed by atoms with Crippen molar-refractivity contribution in [1.29, 1.82) is 0 Å². The number of aryl methyl sites for hydroxylation is 2. The van der Waals surface area contributed by atoms with Gasteiger partial charge in [-0.15, -0.1) is 0 Å². The highest BCUT2D eigenvalue weighted by molar-refractivity contribution is 6.74. The number of benzene rings is 3. The topological polar surface area (TPSA) is 117 Å². The number of esters is 1. The molecule has 0 fully saturated rings. The third-order valence-electron chi connectivity index (χ3n) is 8.20. The van der Waals surface area contributed by atoms with E-state index in [1.54, 1.807) is 20.8 Å². The Balaban J connectivity index is 1.61. The molecule has 0 spiro atoms. The molecule has 0 radical (unpaired) electrons. The molecular weight excluding hydrogens is 613 g/mol. The van der Waals surface area contributed by atoms with Crippen LogP contribution in [0, 0.1) is 10.1 Å². The smallest absolute Gasteiger partial charge is 0.329 e. The predicted octanol–water partition coefficient (Wildman–Crippen LogP) is 8.45. The molecule has 0 bridgehead atoms. The van der Waals surface area contributed by atoms with Crippen molar-refractivity contribution in [3.63, 3.8) is 0 Å². The van der Waals surface area contributed by atoms with Gasteiger partial charge in [-0.25, -0.2) is 4.79 Å². The molecule has 0 saturated heterocycles. The summed E-state index contributed by atoms with van der Waals surface area (Å²) in [6.07, 6.45) is 3.18. The molecule has 0 aliphatic rings. The van der Waals surface area contributed by atoms with Gasteiger partial charge in [0.25, 0.3) is 5.91 Å². The van der Waals surface area contributed by atoms with Crippen molar-refractivity contribution in [3.8, 4) is 11.5 Å². The second kappa shape index (κ2) is 16.1. The van der Waals surface area contributed by atoms with E-state index in [0.717, 1.165) is 24.2 Å². The van der Waals surface area contributed by atoms with Crippen LogP contribution in [0.5, 0.6) is 11.5 Å². The van der Waals surface area contributed by atoms with E-state index in [-0.39, 0.29) is 28.6 Å². The van der Waals surface area contributed by atoms with Crippen molar-refractivity contribution in [3.05, 3.63) is 99.6 Å². The summed E-state index contributed by atoms with van der Waals surface area (Å²) in [6, 6.07) is 20.9. The third kappa shape index (κ3) is 11.8. The maximum Gasteiger partial charge on any atom is 0.329 e. The first-order valence-electron chi connectivity index (χ1n) is 16.2. The molecule has 0 heterocycles. The molecule has 47 heavy (non-hydrogen) atoms. The Morgan fingerprint density at radius 2 is 1.51 bits per heavy atom. The number of hydrogen-bond donors (Lipinski definition) is 1. The zero-order chi connectivity index (χ0) is 34.8. The minimum atomic E-state index is -1.90. The van der Waals surface area contributed by atoms with Gasteiger partial charge in [-0.3, -0.25) is 14.9 Å². The molecule has 1 N–H and O–H groups in total. The Labute approximate surface area is 280 Å². The molecule has 3 aromatic carbocycles. The normalized spacial score (nSPS) is 12.6. The monoisotopic (exact) mass is 662 g/mol. The van der Waals surface area contributed by atoms with Crippen molar-refractivity contribution in [2.75, 3.05) is 6.61 Å². The maximum atomic E-state index is 13.3. The molecule has 1 amide bonds. The van der Waals surface area contributed by atoms with E-state index < -0.39 is 36.8 Å². The molecule has 9 nitrogen and oxygen atoms in total. The summed E-state index contributed by atoms with van der Waals surface area (Å²) in [4.78, 5) is 37.5. The average Bonchev–Trinajstić information content (AvgIpc) is 2.98. The van der Waals surface area contributed by atoms with Gasteiger partial charge in [0, 0.05) is 17.7 Å². The molecule has 1 atom stereocenters. The predicted molar refractivity (Wildman–Crippen MR) is 188 cm³/mol. The van der Waals surface area contributed by atoms with Gasteiger partial charge >= 0.3 is 11.7 Å².